The molecule has 27 nitrogen and oxygen atoms in total. The summed E-state index contributed by atoms with van der Waals surface area (Å²) in [6.45, 7) is 14.2. The van der Waals surface area contributed by atoms with Gasteiger partial charge in [0.25, 0.3) is 0 Å². The third kappa shape index (κ3) is 21.2. The van der Waals surface area contributed by atoms with Crippen molar-refractivity contribution in [3.8, 4) is 11.8 Å². The molecule has 3 aromatic carbocycles. The van der Waals surface area contributed by atoms with E-state index < -0.39 is 119 Å². The zero-order valence-corrected chi connectivity index (χ0v) is 64.6. The number of amides is 8. The van der Waals surface area contributed by atoms with Crippen LogP contribution in [0.5, 0.6) is 0 Å². The quantitative estimate of drug-likeness (QED) is 0.0228. The molecule has 4 aliphatic carbocycles. The summed E-state index contributed by atoms with van der Waals surface area (Å²) >= 11 is 0. The SMILES string of the molecule is C.CCCC1O[C@@H]2C[C@H]3[C@@H]4C[C@H](F)C5=CC(=O)C=C[C@]5(C)[C@@]4(F)[C@@H](O)C[C@]3(C)[C@]2(C(=O)COC(=O)N(CC)CCN(CC)C(=O)OCc2ccc(NC(=O)[C@H](CCCNC(N)=O)CC(=O)[C@@H](NC(=O)CCOCCOCCOCCOCCNC(=O)CCC(=O)N3Cc4ccccc4C#Cc4ccccc43)C(C)C)cc2)O1. The monoisotopic (exact) mass is 1560 g/mol. The van der Waals surface area contributed by atoms with E-state index in [4.69, 9.17) is 43.6 Å². The van der Waals surface area contributed by atoms with E-state index in [1.807, 2.05) is 55.5 Å². The maximum absolute atomic E-state index is 18.0. The van der Waals surface area contributed by atoms with Gasteiger partial charge in [0.2, 0.25) is 29.4 Å². The number of nitrogens with two attached hydrogens (primary N) is 1. The Morgan fingerprint density at radius 3 is 2.05 bits per heavy atom. The summed E-state index contributed by atoms with van der Waals surface area (Å²) in [4.78, 5) is 137. The van der Waals surface area contributed by atoms with Gasteiger partial charge in [-0.05, 0) is 130 Å². The number of likely N-dealkylation sites (N-methyl/N-ethyl adjacent to an activating group) is 2. The van der Waals surface area contributed by atoms with E-state index in [1.54, 1.807) is 63.8 Å². The van der Waals surface area contributed by atoms with E-state index in [2.05, 4.69) is 33.1 Å². The molecule has 9 rings (SSSR count). The van der Waals surface area contributed by atoms with Gasteiger partial charge in [-0.2, -0.15) is 0 Å². The lowest BCUT2D eigenvalue weighted by atomic mass is 9.44. The van der Waals surface area contributed by atoms with Crippen molar-refractivity contribution < 1.29 is 99.7 Å². The predicted octanol–water partition coefficient (Wildman–Crippen LogP) is 8.92. The number of rotatable bonds is 41. The first-order chi connectivity index (χ1) is 53.2. The molecule has 0 spiro atoms. The second kappa shape index (κ2) is 41.1. The number of halogens is 2. The lowest BCUT2D eigenvalue weighted by Gasteiger charge is -2.63. The molecule has 4 fully saturated rings. The molecule has 3 saturated carbocycles. The number of carbonyl (C=O) groups is 10. The van der Waals surface area contributed by atoms with Gasteiger partial charge < -0.3 is 84.7 Å². The number of benzene rings is 3. The molecule has 6 aliphatic rings. The second-order valence-corrected chi connectivity index (χ2v) is 29.7. The van der Waals surface area contributed by atoms with Gasteiger partial charge in [0.05, 0.1) is 83.3 Å². The predicted molar refractivity (Wildman–Crippen MR) is 411 cm³/mol. The Kier molecular flexibility index (Phi) is 32.5. The number of ketones is 3. The van der Waals surface area contributed by atoms with E-state index in [0.29, 0.717) is 62.6 Å². The number of allylic oxidation sites excluding steroid dienone is 4. The summed E-state index contributed by atoms with van der Waals surface area (Å²) in [5.41, 5.74) is 2.33. The third-order valence-electron chi connectivity index (χ3n) is 22.3. The molecule has 2 heterocycles. The van der Waals surface area contributed by atoms with Gasteiger partial charge in [0.1, 0.15) is 12.8 Å². The minimum absolute atomic E-state index is 0. The second-order valence-electron chi connectivity index (χ2n) is 29.7. The van der Waals surface area contributed by atoms with E-state index in [9.17, 15) is 53.1 Å². The molecule has 2 aliphatic heterocycles. The molecule has 8 amide bonds. The number of aliphatic hydroxyl groups is 1. The average Bonchev–Trinajstić information content (AvgIpc) is 1.46. The first-order valence-corrected chi connectivity index (χ1v) is 38.7. The fourth-order valence-electron chi connectivity index (χ4n) is 16.3. The molecular formula is C83H112F2N8O19. The number of carbonyl (C=O) groups excluding carboxylic acids is 10. The smallest absolute Gasteiger partial charge is 0.410 e. The Hall–Kier alpha value is -9.02. The van der Waals surface area contributed by atoms with Crippen LogP contribution in [0, 0.1) is 46.3 Å². The van der Waals surface area contributed by atoms with Crippen molar-refractivity contribution in [3.05, 3.63) is 119 Å². The molecule has 0 radical (unpaired) electrons. The fraction of sp³-hybridized carbons (Fsp3) is 0.590. The van der Waals surface area contributed by atoms with Crippen LogP contribution < -0.4 is 31.9 Å². The van der Waals surface area contributed by atoms with Crippen LogP contribution in [0.4, 0.5) is 34.5 Å². The molecule has 112 heavy (non-hydrogen) atoms. The molecule has 0 aromatic heterocycles. The molecular weight excluding hydrogens is 1450 g/mol. The molecule has 29 heteroatoms. The van der Waals surface area contributed by atoms with Crippen molar-refractivity contribution in [3.63, 3.8) is 0 Å². The Morgan fingerprint density at radius 2 is 1.39 bits per heavy atom. The number of Topliss-reactive ketones (excluding diaryl/α,β-unsaturated/α-hetero) is 2. The number of para-hydroxylation sites is 1. The first kappa shape index (κ1) is 88.5. The summed E-state index contributed by atoms with van der Waals surface area (Å²) in [5, 5.41) is 22.9. The molecule has 1 saturated heterocycles. The van der Waals surface area contributed by atoms with Crippen molar-refractivity contribution in [1.82, 2.24) is 25.8 Å². The van der Waals surface area contributed by atoms with Crippen molar-refractivity contribution in [2.24, 2.45) is 40.2 Å². The van der Waals surface area contributed by atoms with Gasteiger partial charge in [0, 0.05) is 104 Å². The molecule has 7 N–H and O–H groups in total. The van der Waals surface area contributed by atoms with Gasteiger partial charge in [-0.3, -0.25) is 33.6 Å². The van der Waals surface area contributed by atoms with Crippen LogP contribution in [-0.4, -0.2) is 215 Å². The lowest BCUT2D eigenvalue weighted by Crippen LogP contribution is -2.71. The highest BCUT2D eigenvalue weighted by atomic mass is 19.1. The van der Waals surface area contributed by atoms with Gasteiger partial charge in [-0.15, -0.1) is 0 Å². The Morgan fingerprint density at radius 1 is 0.759 bits per heavy atom. The maximum Gasteiger partial charge on any atom is 0.410 e. The standard InChI is InChI=1S/C82H108F2N8O19.CH4/c1-8-16-73-110-69-48-61-62-47-64(83)63-46-60(93)30-32-79(63,6)81(62,84)67(95)49-80(61,7)82(69,111-73)68(96)52-109-78(103)91(10-3)36-35-90(9-2)77(102)108-51-54-22-26-59(27-23-54)88-75(100)57(20-15-33-87-76(85)101)45-66(94)74(53(4)5)89-71(98)31-37-104-39-41-106-43-44-107-42-40-105-38-34-86-70(97)28-29-72(99)92-50-58-19-12-11-17-55(58)24-25-56-18-13-14-21-65(56)92;/h11-14,17-19,21-23,26-27,30,32,46,53,57,61-62,64,67,69,73-74,95H,8-10,15-16,20,28-29,31,33-45,47-52H2,1-7H3,(H,86,97)(H,88,100)(H,89,98)(H3,85,87,101);1H4/t57-,61+,62+,64+,67+,69-,73?,74+,79+,80+,81+,82-;/m1./s1. The minimum Gasteiger partial charge on any atom is -0.445 e. The summed E-state index contributed by atoms with van der Waals surface area (Å²) in [7, 11) is 0. The molecule has 3 aromatic rings. The molecule has 1 unspecified atom stereocenters. The highest BCUT2D eigenvalue weighted by Crippen LogP contribution is 2.72. The van der Waals surface area contributed by atoms with Crippen LogP contribution in [-0.2, 0) is 84.6 Å². The van der Waals surface area contributed by atoms with Crippen molar-refractivity contribution in [2.75, 3.05) is 109 Å². The van der Waals surface area contributed by atoms with Gasteiger partial charge in [-0.25, -0.2) is 23.2 Å². The number of urea groups is 1. The lowest BCUT2D eigenvalue weighted by molar-refractivity contribution is -0.234. The highest BCUT2D eigenvalue weighted by molar-refractivity contribution is 6.02. The summed E-state index contributed by atoms with van der Waals surface area (Å²) < 4.78 is 81.0. The van der Waals surface area contributed by atoms with Crippen LogP contribution in [0.25, 0.3) is 0 Å². The Balaban J connectivity index is 0.0000157. The van der Waals surface area contributed by atoms with Gasteiger partial charge >= 0.3 is 18.2 Å². The summed E-state index contributed by atoms with van der Waals surface area (Å²) in [5.74, 6) is 0.525. The van der Waals surface area contributed by atoms with Crippen LogP contribution in [0.15, 0.2) is 96.6 Å². The topological polar surface area (TPSA) is 349 Å². The van der Waals surface area contributed by atoms with Crippen LogP contribution in [0.1, 0.15) is 149 Å². The number of fused-ring (bicyclic) bond motifs is 9. The van der Waals surface area contributed by atoms with E-state index in [1.165, 1.54) is 28.9 Å². The number of alkyl halides is 2. The third-order valence-corrected chi connectivity index (χ3v) is 22.3. The number of anilines is 2. The number of hydrogen-bond donors (Lipinski definition) is 6. The molecule has 612 valence electrons. The number of nitrogens with zero attached hydrogens (tertiary/aromatic N) is 3. The zero-order chi connectivity index (χ0) is 80.0. The number of ether oxygens (including phenoxy) is 8. The number of nitrogens with one attached hydrogen (secondary N) is 4. The largest absolute Gasteiger partial charge is 0.445 e. The first-order valence-electron chi connectivity index (χ1n) is 38.7. The fourth-order valence-corrected chi connectivity index (χ4v) is 16.3. The highest BCUT2D eigenvalue weighted by Gasteiger charge is 2.80. The average molecular weight is 1560 g/mol. The van der Waals surface area contributed by atoms with Crippen molar-refractivity contribution in [1.29, 1.82) is 0 Å². The molecule has 0 bridgehead atoms. The van der Waals surface area contributed by atoms with Crippen molar-refractivity contribution >= 4 is 70.6 Å². The van der Waals surface area contributed by atoms with Gasteiger partial charge in [-0.1, -0.05) is 102 Å². The van der Waals surface area contributed by atoms with Crippen LogP contribution in [0.3, 0.4) is 0 Å². The number of primary amides is 1. The Labute approximate surface area is 654 Å². The number of hydrogen-bond acceptors (Lipinski definition) is 19. The normalized spacial score (nSPS) is 24.2. The van der Waals surface area contributed by atoms with Gasteiger partial charge in [0.15, 0.2) is 35.7 Å². The van der Waals surface area contributed by atoms with Crippen molar-refractivity contribution in [2.45, 2.75) is 182 Å². The summed E-state index contributed by atoms with van der Waals surface area (Å²) in [6, 6.07) is 20.0. The maximum atomic E-state index is 18.0. The van der Waals surface area contributed by atoms with Crippen LogP contribution in [0.2, 0.25) is 0 Å². The van der Waals surface area contributed by atoms with E-state index in [-0.39, 0.29) is 167 Å². The Bertz CT molecular complexity index is 3930. The zero-order valence-electron chi connectivity index (χ0n) is 64.6. The van der Waals surface area contributed by atoms with Crippen LogP contribution >= 0.6 is 0 Å². The summed E-state index contributed by atoms with van der Waals surface area (Å²) in [6.07, 6.45) is -2.17. The van der Waals surface area contributed by atoms with E-state index in [0.717, 1.165) is 22.8 Å². The van der Waals surface area contributed by atoms with E-state index >= 15 is 8.78 Å². The minimum atomic E-state index is -2.40. The number of aliphatic hydroxyl groups excluding tert-OH is 1. The molecule has 12 atom stereocenters.